The van der Waals surface area contributed by atoms with Crippen LogP contribution in [0.4, 0.5) is 0 Å². The van der Waals surface area contributed by atoms with Crippen molar-refractivity contribution < 1.29 is 4.79 Å². The van der Waals surface area contributed by atoms with Crippen LogP contribution < -0.4 is 0 Å². The number of hydrogen-bond acceptors (Lipinski definition) is 1. The lowest BCUT2D eigenvalue weighted by molar-refractivity contribution is -0.120. The van der Waals surface area contributed by atoms with E-state index in [4.69, 9.17) is 0 Å². The second-order valence-corrected chi connectivity index (χ2v) is 5.67. The smallest absolute Gasteiger partial charge is 0.140 e. The molecule has 0 spiro atoms. The molecule has 2 saturated carbocycles. The first kappa shape index (κ1) is 10.3. The summed E-state index contributed by atoms with van der Waals surface area (Å²) in [5, 5.41) is 0. The first-order valence-corrected chi connectivity index (χ1v) is 6.67. The van der Waals surface area contributed by atoms with Crippen LogP contribution in [0, 0.1) is 11.8 Å². The first-order valence-electron chi connectivity index (χ1n) is 6.67. The number of hydrogen-bond donors (Lipinski definition) is 0. The molecule has 1 heteroatoms. The number of ketones is 1. The number of allylic oxidation sites excluding steroid dienone is 3. The van der Waals surface area contributed by atoms with Gasteiger partial charge in [-0.25, -0.2) is 0 Å². The molecule has 0 aromatic heterocycles. The summed E-state index contributed by atoms with van der Waals surface area (Å²) in [6.07, 6.45) is 9.26. The summed E-state index contributed by atoms with van der Waals surface area (Å²) in [4.78, 5) is 11.9. The van der Waals surface area contributed by atoms with Crippen LogP contribution in [0.1, 0.15) is 51.4 Å². The molecule has 1 nitrogen and oxygen atoms in total. The number of carbonyl (C=O) groups excluding carboxylic acids is 1. The Hall–Kier alpha value is -0.850. The van der Waals surface area contributed by atoms with E-state index in [1.54, 1.807) is 5.57 Å². The van der Waals surface area contributed by atoms with E-state index in [0.29, 0.717) is 5.78 Å². The molecule has 16 heavy (non-hydrogen) atoms. The highest BCUT2D eigenvalue weighted by atomic mass is 16.1. The highest BCUT2D eigenvalue weighted by molar-refractivity contribution is 5.87. The molecule has 0 saturated heterocycles. The van der Waals surface area contributed by atoms with Crippen LogP contribution in [-0.4, -0.2) is 5.78 Å². The van der Waals surface area contributed by atoms with Crippen LogP contribution in [0.15, 0.2) is 23.3 Å². The van der Waals surface area contributed by atoms with E-state index >= 15 is 0 Å². The molecule has 0 bridgehead atoms. The third kappa shape index (κ3) is 1.57. The maximum Gasteiger partial charge on any atom is 0.140 e. The predicted molar refractivity (Wildman–Crippen MR) is 65.1 cm³/mol. The predicted octanol–water partition coefficient (Wildman–Crippen LogP) is 3.80. The van der Waals surface area contributed by atoms with Crippen molar-refractivity contribution in [2.75, 3.05) is 0 Å². The van der Waals surface area contributed by atoms with Crippen LogP contribution in [0.3, 0.4) is 0 Å². The van der Waals surface area contributed by atoms with Gasteiger partial charge in [0.2, 0.25) is 0 Å². The molecule has 3 rings (SSSR count). The molecule has 1 unspecified atom stereocenters. The standard InChI is InChI=1S/C15H20O/c1-10-8-11-4-2-3-5-12(11)13-6-7-15(16)14(13)9-10/h11,14H,1-9H2/t11-,14?/m0/s1. The van der Waals surface area contributed by atoms with Crippen LogP contribution in [0.25, 0.3) is 0 Å². The third-order valence-electron chi connectivity index (χ3n) is 4.63. The largest absolute Gasteiger partial charge is 0.299 e. The van der Waals surface area contributed by atoms with Gasteiger partial charge in [0.05, 0.1) is 0 Å². The second-order valence-electron chi connectivity index (χ2n) is 5.67. The fourth-order valence-corrected chi connectivity index (χ4v) is 3.88. The van der Waals surface area contributed by atoms with Crippen molar-refractivity contribution >= 4 is 5.78 Å². The van der Waals surface area contributed by atoms with Crippen LogP contribution >= 0.6 is 0 Å². The lowest BCUT2D eigenvalue weighted by Crippen LogP contribution is -2.12. The van der Waals surface area contributed by atoms with E-state index in [2.05, 4.69) is 6.58 Å². The molecular weight excluding hydrogens is 196 g/mol. The summed E-state index contributed by atoms with van der Waals surface area (Å²) in [7, 11) is 0. The third-order valence-corrected chi connectivity index (χ3v) is 4.63. The van der Waals surface area contributed by atoms with Crippen molar-refractivity contribution in [2.24, 2.45) is 11.8 Å². The van der Waals surface area contributed by atoms with Gasteiger partial charge in [-0.3, -0.25) is 4.79 Å². The van der Waals surface area contributed by atoms with E-state index in [9.17, 15) is 4.79 Å². The summed E-state index contributed by atoms with van der Waals surface area (Å²) >= 11 is 0. The van der Waals surface area contributed by atoms with Crippen molar-refractivity contribution in [1.29, 1.82) is 0 Å². The Morgan fingerprint density at radius 1 is 1.00 bits per heavy atom. The lowest BCUT2D eigenvalue weighted by atomic mass is 9.79. The topological polar surface area (TPSA) is 17.1 Å². The fraction of sp³-hybridized carbons (Fsp3) is 0.667. The van der Waals surface area contributed by atoms with E-state index in [0.717, 1.165) is 31.6 Å². The number of carbonyl (C=O) groups is 1. The summed E-state index contributed by atoms with van der Waals surface area (Å²) in [5.74, 6) is 1.47. The van der Waals surface area contributed by atoms with E-state index in [1.165, 1.54) is 36.8 Å². The Morgan fingerprint density at radius 2 is 1.88 bits per heavy atom. The van der Waals surface area contributed by atoms with E-state index < -0.39 is 0 Å². The quantitative estimate of drug-likeness (QED) is 0.563. The molecule has 0 aromatic rings. The Labute approximate surface area is 97.6 Å². The van der Waals surface area contributed by atoms with Crippen molar-refractivity contribution in [3.05, 3.63) is 23.3 Å². The average Bonchev–Trinajstić information content (AvgIpc) is 2.56. The highest BCUT2D eigenvalue weighted by Gasteiger charge is 2.37. The van der Waals surface area contributed by atoms with Crippen molar-refractivity contribution in [2.45, 2.75) is 51.4 Å². The molecule has 2 fully saturated rings. The minimum atomic E-state index is 0.241. The molecule has 3 aliphatic carbocycles. The summed E-state index contributed by atoms with van der Waals surface area (Å²) in [6, 6.07) is 0. The second kappa shape index (κ2) is 3.87. The average molecular weight is 216 g/mol. The molecule has 0 radical (unpaired) electrons. The highest BCUT2D eigenvalue weighted by Crippen LogP contribution is 2.46. The zero-order valence-corrected chi connectivity index (χ0v) is 9.93. The first-order chi connectivity index (χ1) is 7.75. The molecule has 0 amide bonds. The van der Waals surface area contributed by atoms with Crippen molar-refractivity contribution in [1.82, 2.24) is 0 Å². The number of Topliss-reactive ketones (excluding diaryl/α,β-unsaturated/α-hetero) is 1. The summed E-state index contributed by atoms with van der Waals surface area (Å²) in [6.45, 7) is 4.18. The Bertz CT molecular complexity index is 375. The van der Waals surface area contributed by atoms with Gasteiger partial charge in [-0.15, -0.1) is 0 Å². The van der Waals surface area contributed by atoms with Gasteiger partial charge in [0, 0.05) is 12.3 Å². The zero-order chi connectivity index (χ0) is 11.1. The number of fused-ring (bicyclic) bond motifs is 2. The van der Waals surface area contributed by atoms with E-state index in [1.807, 2.05) is 0 Å². The zero-order valence-electron chi connectivity index (χ0n) is 9.93. The summed E-state index contributed by atoms with van der Waals surface area (Å²) < 4.78 is 0. The van der Waals surface area contributed by atoms with Crippen molar-refractivity contribution in [3.8, 4) is 0 Å². The lowest BCUT2D eigenvalue weighted by Gasteiger charge is -2.26. The van der Waals surface area contributed by atoms with Crippen molar-refractivity contribution in [3.63, 3.8) is 0 Å². The number of rotatable bonds is 0. The molecule has 0 heterocycles. The van der Waals surface area contributed by atoms with Gasteiger partial charge < -0.3 is 0 Å². The van der Waals surface area contributed by atoms with Gasteiger partial charge in [-0.1, -0.05) is 29.7 Å². The minimum Gasteiger partial charge on any atom is -0.299 e. The van der Waals surface area contributed by atoms with E-state index in [-0.39, 0.29) is 5.92 Å². The molecule has 86 valence electrons. The summed E-state index contributed by atoms with van der Waals surface area (Å²) in [5.41, 5.74) is 4.52. The van der Waals surface area contributed by atoms with Crippen LogP contribution in [0.2, 0.25) is 0 Å². The maximum atomic E-state index is 11.9. The SMILES string of the molecule is C=C1CC2C(=O)CCC2=C2CCCC[C@H]2C1. The van der Waals surface area contributed by atoms with Crippen LogP contribution in [-0.2, 0) is 4.79 Å². The molecule has 0 aliphatic heterocycles. The molecule has 2 atom stereocenters. The van der Waals surface area contributed by atoms with Crippen LogP contribution in [0.5, 0.6) is 0 Å². The molecular formula is C15H20O. The fourth-order valence-electron chi connectivity index (χ4n) is 3.88. The Kier molecular flexibility index (Phi) is 2.49. The van der Waals surface area contributed by atoms with Gasteiger partial charge in [0.1, 0.15) is 5.78 Å². The van der Waals surface area contributed by atoms with Gasteiger partial charge in [0.25, 0.3) is 0 Å². The molecule has 0 aromatic carbocycles. The van der Waals surface area contributed by atoms with Gasteiger partial charge in [-0.05, 0) is 44.4 Å². The monoisotopic (exact) mass is 216 g/mol. The van der Waals surface area contributed by atoms with Gasteiger partial charge in [0.15, 0.2) is 0 Å². The van der Waals surface area contributed by atoms with Gasteiger partial charge >= 0.3 is 0 Å². The minimum absolute atomic E-state index is 0.241. The molecule has 3 aliphatic rings. The molecule has 0 N–H and O–H groups in total. The Morgan fingerprint density at radius 3 is 2.75 bits per heavy atom. The maximum absolute atomic E-state index is 11.9. The Balaban J connectivity index is 2.02. The van der Waals surface area contributed by atoms with Gasteiger partial charge in [-0.2, -0.15) is 0 Å². The normalized spacial score (nSPS) is 34.8.